The number of hydrogen-bond acceptors (Lipinski definition) is 7. The molecule has 3 atom stereocenters. The molecule has 8 nitrogen and oxygen atoms in total. The Morgan fingerprint density at radius 3 is 1.77 bits per heavy atom. The first-order valence-corrected chi connectivity index (χ1v) is 14.4. The fourth-order valence-electron chi connectivity index (χ4n) is 3.24. The monoisotopic (exact) mass is 472 g/mol. The number of rotatable bonds is 16. The van der Waals surface area contributed by atoms with E-state index >= 15 is 0 Å². The van der Waals surface area contributed by atoms with E-state index in [2.05, 4.69) is 6.92 Å². The summed E-state index contributed by atoms with van der Waals surface area (Å²) in [5.41, 5.74) is 0. The summed E-state index contributed by atoms with van der Waals surface area (Å²) in [6, 6.07) is 0. The van der Waals surface area contributed by atoms with Crippen molar-refractivity contribution in [2.45, 2.75) is 110 Å². The summed E-state index contributed by atoms with van der Waals surface area (Å²) in [6.07, 6.45) is 13.1. The SMILES string of the molecule is CCCCCCCCCCCCCCOP(=O)(O)OP1(=O)OC(C)COCC(C)O1. The van der Waals surface area contributed by atoms with E-state index in [4.69, 9.17) is 22.6 Å². The van der Waals surface area contributed by atoms with Crippen LogP contribution >= 0.6 is 15.6 Å². The average molecular weight is 472 g/mol. The second-order valence-corrected chi connectivity index (χ2v) is 11.3. The molecule has 0 bridgehead atoms. The highest BCUT2D eigenvalue weighted by Gasteiger charge is 2.41. The lowest BCUT2D eigenvalue weighted by Crippen LogP contribution is -2.26. The summed E-state index contributed by atoms with van der Waals surface area (Å²) >= 11 is 0. The smallest absolute Gasteiger partial charge is 0.376 e. The highest BCUT2D eigenvalue weighted by molar-refractivity contribution is 7.61. The van der Waals surface area contributed by atoms with Crippen molar-refractivity contribution in [1.82, 2.24) is 0 Å². The van der Waals surface area contributed by atoms with Crippen molar-refractivity contribution in [2.24, 2.45) is 0 Å². The van der Waals surface area contributed by atoms with Gasteiger partial charge in [0.1, 0.15) is 0 Å². The Kier molecular flexibility index (Phi) is 15.0. The zero-order valence-corrected chi connectivity index (χ0v) is 20.7. The molecule has 1 rings (SSSR count). The molecular formula is C20H42O8P2. The Bertz CT molecular complexity index is 515. The van der Waals surface area contributed by atoms with Crippen LogP contribution in [0.2, 0.25) is 0 Å². The predicted octanol–water partition coefficient (Wildman–Crippen LogP) is 6.77. The zero-order valence-electron chi connectivity index (χ0n) is 19.0. The van der Waals surface area contributed by atoms with Gasteiger partial charge in [-0.2, -0.15) is 4.31 Å². The van der Waals surface area contributed by atoms with Gasteiger partial charge in [0.2, 0.25) is 0 Å². The maximum atomic E-state index is 12.6. The third-order valence-electron chi connectivity index (χ3n) is 4.78. The molecule has 0 amide bonds. The Balaban J connectivity index is 2.12. The minimum atomic E-state index is -4.55. The summed E-state index contributed by atoms with van der Waals surface area (Å²) in [5, 5.41) is 0. The lowest BCUT2D eigenvalue weighted by Gasteiger charge is -2.28. The van der Waals surface area contributed by atoms with Crippen LogP contribution in [0.1, 0.15) is 97.8 Å². The van der Waals surface area contributed by atoms with Crippen LogP contribution in [-0.2, 0) is 31.7 Å². The Morgan fingerprint density at radius 1 is 0.867 bits per heavy atom. The first-order valence-electron chi connectivity index (χ1n) is 11.5. The van der Waals surface area contributed by atoms with Crippen molar-refractivity contribution in [1.29, 1.82) is 0 Å². The molecule has 1 N–H and O–H groups in total. The van der Waals surface area contributed by atoms with Crippen LogP contribution in [0.5, 0.6) is 0 Å². The van der Waals surface area contributed by atoms with E-state index in [1.165, 1.54) is 51.4 Å². The van der Waals surface area contributed by atoms with Gasteiger partial charge in [0.15, 0.2) is 0 Å². The molecule has 10 heteroatoms. The van der Waals surface area contributed by atoms with Crippen molar-refractivity contribution in [3.05, 3.63) is 0 Å². The van der Waals surface area contributed by atoms with Crippen LogP contribution in [0.3, 0.4) is 0 Å². The summed E-state index contributed by atoms with van der Waals surface area (Å²) < 4.78 is 50.2. The molecule has 0 saturated carbocycles. The maximum Gasteiger partial charge on any atom is 0.484 e. The van der Waals surface area contributed by atoms with Gasteiger partial charge in [-0.05, 0) is 20.3 Å². The van der Waals surface area contributed by atoms with E-state index in [0.29, 0.717) is 6.42 Å². The van der Waals surface area contributed by atoms with Gasteiger partial charge in [-0.15, -0.1) is 0 Å². The van der Waals surface area contributed by atoms with E-state index in [0.717, 1.165) is 19.3 Å². The molecule has 1 heterocycles. The van der Waals surface area contributed by atoms with Crippen LogP contribution in [0.4, 0.5) is 0 Å². The fraction of sp³-hybridized carbons (Fsp3) is 1.00. The maximum absolute atomic E-state index is 12.6. The fourth-order valence-corrected chi connectivity index (χ4v) is 6.16. The molecule has 0 aromatic carbocycles. The van der Waals surface area contributed by atoms with E-state index in [1.54, 1.807) is 13.8 Å². The topological polar surface area (TPSA) is 101 Å². The predicted molar refractivity (Wildman–Crippen MR) is 117 cm³/mol. The Labute approximate surface area is 182 Å². The van der Waals surface area contributed by atoms with E-state index in [-0.39, 0.29) is 19.8 Å². The number of ether oxygens (including phenoxy) is 1. The van der Waals surface area contributed by atoms with Gasteiger partial charge >= 0.3 is 15.6 Å². The normalized spacial score (nSPS) is 27.3. The van der Waals surface area contributed by atoms with Crippen molar-refractivity contribution < 1.29 is 36.6 Å². The molecule has 1 saturated heterocycles. The van der Waals surface area contributed by atoms with Gasteiger partial charge in [0.05, 0.1) is 32.0 Å². The number of phosphoric ester groups is 2. The van der Waals surface area contributed by atoms with Crippen LogP contribution in [0, 0.1) is 0 Å². The number of hydrogen-bond donors (Lipinski definition) is 1. The van der Waals surface area contributed by atoms with Crippen LogP contribution in [0.25, 0.3) is 0 Å². The quantitative estimate of drug-likeness (QED) is 0.194. The molecule has 3 unspecified atom stereocenters. The van der Waals surface area contributed by atoms with Gasteiger partial charge in [-0.3, -0.25) is 13.6 Å². The molecule has 0 aromatic heterocycles. The second kappa shape index (κ2) is 15.9. The molecule has 1 fully saturated rings. The summed E-state index contributed by atoms with van der Waals surface area (Å²) in [7, 11) is -8.77. The van der Waals surface area contributed by atoms with Crippen LogP contribution < -0.4 is 0 Å². The van der Waals surface area contributed by atoms with Crippen LogP contribution in [-0.4, -0.2) is 36.9 Å². The van der Waals surface area contributed by atoms with Crippen molar-refractivity contribution in [3.8, 4) is 0 Å². The lowest BCUT2D eigenvalue weighted by molar-refractivity contribution is -0.0340. The molecule has 0 radical (unpaired) electrons. The highest BCUT2D eigenvalue weighted by Crippen LogP contribution is 2.64. The summed E-state index contributed by atoms with van der Waals surface area (Å²) in [6.45, 7) is 5.90. The molecule has 0 spiro atoms. The van der Waals surface area contributed by atoms with Crippen LogP contribution in [0.15, 0.2) is 0 Å². The number of unbranched alkanes of at least 4 members (excludes halogenated alkanes) is 11. The van der Waals surface area contributed by atoms with E-state index in [9.17, 15) is 14.0 Å². The van der Waals surface area contributed by atoms with Gasteiger partial charge in [0.25, 0.3) is 0 Å². The molecule has 0 aliphatic carbocycles. The van der Waals surface area contributed by atoms with Crippen molar-refractivity contribution in [3.63, 3.8) is 0 Å². The second-order valence-electron chi connectivity index (χ2n) is 8.09. The molecule has 1 aliphatic heterocycles. The minimum Gasteiger partial charge on any atom is -0.376 e. The third kappa shape index (κ3) is 14.3. The van der Waals surface area contributed by atoms with Gasteiger partial charge in [0, 0.05) is 0 Å². The summed E-state index contributed by atoms with van der Waals surface area (Å²) in [5.74, 6) is 0. The molecule has 30 heavy (non-hydrogen) atoms. The Morgan fingerprint density at radius 2 is 1.30 bits per heavy atom. The van der Waals surface area contributed by atoms with E-state index in [1.807, 2.05) is 0 Å². The van der Waals surface area contributed by atoms with Crippen molar-refractivity contribution in [2.75, 3.05) is 19.8 Å². The lowest BCUT2D eigenvalue weighted by atomic mass is 10.1. The molecular weight excluding hydrogens is 430 g/mol. The van der Waals surface area contributed by atoms with Gasteiger partial charge in [-0.1, -0.05) is 77.6 Å². The van der Waals surface area contributed by atoms with Gasteiger partial charge < -0.3 is 9.63 Å². The zero-order chi connectivity index (χ0) is 22.3. The number of phosphoric acid groups is 2. The molecule has 1 aliphatic rings. The van der Waals surface area contributed by atoms with Gasteiger partial charge in [-0.25, -0.2) is 9.13 Å². The first-order chi connectivity index (χ1) is 14.3. The van der Waals surface area contributed by atoms with E-state index < -0.39 is 27.9 Å². The Hall–Kier alpha value is 0.220. The standard InChI is InChI=1S/C20H42O8P2/c1-4-5-6-7-8-9-10-11-12-13-14-15-16-25-29(21,22)28-30(23)26-19(2)17-24-18-20(3)27-30/h19-20H,4-18H2,1-3H3,(H,21,22). The first kappa shape index (κ1) is 28.3. The highest BCUT2D eigenvalue weighted by atomic mass is 31.3. The minimum absolute atomic E-state index is 0.0550. The summed E-state index contributed by atoms with van der Waals surface area (Å²) in [4.78, 5) is 9.89. The molecule has 0 aromatic rings. The average Bonchev–Trinajstić information content (AvgIpc) is 2.63. The third-order valence-corrected chi connectivity index (χ3v) is 8.15. The largest absolute Gasteiger partial charge is 0.484 e. The molecule has 180 valence electrons. The van der Waals surface area contributed by atoms with Crippen molar-refractivity contribution >= 4 is 15.6 Å².